The molecule has 0 fully saturated rings. The summed E-state index contributed by atoms with van der Waals surface area (Å²) in [6.45, 7) is 2.29. The number of hydrogen-bond donors (Lipinski definition) is 3. The van der Waals surface area contributed by atoms with Gasteiger partial charge in [-0.3, -0.25) is 4.79 Å². The topological polar surface area (TPSA) is 81.1 Å². The summed E-state index contributed by atoms with van der Waals surface area (Å²) in [5.74, 6) is 0.0379. The molecule has 1 aliphatic heterocycles. The summed E-state index contributed by atoms with van der Waals surface area (Å²) >= 11 is 1.56. The Hall–Kier alpha value is -1.04. The number of carbonyl (C=O) groups excluding carboxylic acids is 1. The van der Waals surface area contributed by atoms with E-state index in [4.69, 9.17) is 11.5 Å². The predicted octanol–water partition coefficient (Wildman–Crippen LogP) is 1.08. The molecule has 5 heteroatoms. The maximum Gasteiger partial charge on any atom is 0.237 e. The lowest BCUT2D eigenvalue weighted by Gasteiger charge is -2.22. The Morgan fingerprint density at radius 3 is 3.00 bits per heavy atom. The van der Waals surface area contributed by atoms with E-state index in [0.29, 0.717) is 6.54 Å². The molecule has 2 unspecified atom stereocenters. The lowest BCUT2D eigenvalue weighted by atomic mass is 10.1. The summed E-state index contributed by atoms with van der Waals surface area (Å²) in [6.07, 6.45) is 0. The molecule has 2 atom stereocenters. The van der Waals surface area contributed by atoms with E-state index in [1.54, 1.807) is 11.8 Å². The van der Waals surface area contributed by atoms with Crippen molar-refractivity contribution in [2.45, 2.75) is 23.1 Å². The second-order valence-electron chi connectivity index (χ2n) is 3.85. The molecule has 1 amide bonds. The molecule has 0 bridgehead atoms. The van der Waals surface area contributed by atoms with Gasteiger partial charge >= 0.3 is 0 Å². The zero-order chi connectivity index (χ0) is 11.7. The normalized spacial score (nSPS) is 21.2. The number of benzene rings is 1. The number of amides is 1. The third kappa shape index (κ3) is 2.07. The minimum Gasteiger partial charge on any atom is -0.329 e. The molecule has 86 valence electrons. The van der Waals surface area contributed by atoms with Crippen molar-refractivity contribution >= 4 is 23.4 Å². The van der Waals surface area contributed by atoms with Crippen LogP contribution in [0.25, 0.3) is 0 Å². The maximum atomic E-state index is 11.5. The number of fused-ring (bicyclic) bond motifs is 1. The van der Waals surface area contributed by atoms with Crippen molar-refractivity contribution in [1.82, 2.24) is 0 Å². The van der Waals surface area contributed by atoms with Gasteiger partial charge in [-0.1, -0.05) is 6.07 Å². The summed E-state index contributed by atoms with van der Waals surface area (Å²) in [6, 6.07) is 5.68. The van der Waals surface area contributed by atoms with Crippen molar-refractivity contribution in [2.75, 3.05) is 11.9 Å². The van der Waals surface area contributed by atoms with Gasteiger partial charge in [0.1, 0.15) is 0 Å². The van der Waals surface area contributed by atoms with E-state index in [-0.39, 0.29) is 17.2 Å². The van der Waals surface area contributed by atoms with Gasteiger partial charge < -0.3 is 16.8 Å². The van der Waals surface area contributed by atoms with Crippen LogP contribution in [-0.2, 0) is 4.79 Å². The molecule has 0 spiro atoms. The Morgan fingerprint density at radius 1 is 1.56 bits per heavy atom. The first kappa shape index (κ1) is 11.4. The van der Waals surface area contributed by atoms with Gasteiger partial charge in [-0.15, -0.1) is 11.8 Å². The van der Waals surface area contributed by atoms with Gasteiger partial charge in [0.05, 0.1) is 10.9 Å². The summed E-state index contributed by atoms with van der Waals surface area (Å²) in [5, 5.41) is 2.83. The average molecular weight is 237 g/mol. The van der Waals surface area contributed by atoms with Crippen molar-refractivity contribution in [3.05, 3.63) is 23.8 Å². The molecule has 1 aromatic rings. The van der Waals surface area contributed by atoms with E-state index in [1.807, 2.05) is 25.1 Å². The van der Waals surface area contributed by atoms with Gasteiger partial charge in [-0.2, -0.15) is 0 Å². The van der Waals surface area contributed by atoms with Gasteiger partial charge in [-0.05, 0) is 24.6 Å². The number of anilines is 1. The smallest absolute Gasteiger partial charge is 0.237 e. The molecular weight excluding hydrogens is 222 g/mol. The largest absolute Gasteiger partial charge is 0.329 e. The van der Waals surface area contributed by atoms with Crippen LogP contribution in [0.4, 0.5) is 5.69 Å². The number of nitrogens with one attached hydrogen (secondary N) is 1. The van der Waals surface area contributed by atoms with E-state index in [1.165, 1.54) is 0 Å². The molecule has 0 aromatic heterocycles. The van der Waals surface area contributed by atoms with E-state index in [0.717, 1.165) is 16.1 Å². The highest BCUT2D eigenvalue weighted by molar-refractivity contribution is 8.00. The molecule has 4 nitrogen and oxygen atoms in total. The van der Waals surface area contributed by atoms with Crippen LogP contribution in [-0.4, -0.2) is 17.7 Å². The Kier molecular flexibility index (Phi) is 3.18. The molecule has 0 saturated heterocycles. The highest BCUT2D eigenvalue weighted by Crippen LogP contribution is 2.36. The molecule has 16 heavy (non-hydrogen) atoms. The van der Waals surface area contributed by atoms with Crippen molar-refractivity contribution < 1.29 is 4.79 Å². The Morgan fingerprint density at radius 2 is 2.31 bits per heavy atom. The summed E-state index contributed by atoms with van der Waals surface area (Å²) in [4.78, 5) is 12.6. The lowest BCUT2D eigenvalue weighted by Crippen LogP contribution is -2.27. The first-order valence-electron chi connectivity index (χ1n) is 5.19. The zero-order valence-corrected chi connectivity index (χ0v) is 9.88. The quantitative estimate of drug-likeness (QED) is 0.719. The molecule has 1 aromatic carbocycles. The van der Waals surface area contributed by atoms with Gasteiger partial charge in [-0.25, -0.2) is 0 Å². The van der Waals surface area contributed by atoms with Crippen LogP contribution in [0.1, 0.15) is 18.5 Å². The van der Waals surface area contributed by atoms with Crippen LogP contribution in [0.15, 0.2) is 23.1 Å². The number of nitrogens with two attached hydrogens (primary N) is 2. The van der Waals surface area contributed by atoms with Crippen LogP contribution in [0.5, 0.6) is 0 Å². The predicted molar refractivity (Wildman–Crippen MR) is 66.4 cm³/mol. The van der Waals surface area contributed by atoms with Crippen molar-refractivity contribution in [3.63, 3.8) is 0 Å². The van der Waals surface area contributed by atoms with Gasteiger partial charge in [0, 0.05) is 17.5 Å². The summed E-state index contributed by atoms with van der Waals surface area (Å²) < 4.78 is 0. The summed E-state index contributed by atoms with van der Waals surface area (Å²) in [5.41, 5.74) is 13.2. The van der Waals surface area contributed by atoms with E-state index in [2.05, 4.69) is 5.32 Å². The molecule has 2 rings (SSSR count). The first-order valence-corrected chi connectivity index (χ1v) is 6.07. The molecule has 1 aliphatic rings. The third-order valence-electron chi connectivity index (χ3n) is 2.62. The van der Waals surface area contributed by atoms with Crippen LogP contribution in [0, 0.1) is 0 Å². The first-order chi connectivity index (χ1) is 7.61. The molecular formula is C11H15N3OS. The third-order valence-corrected chi connectivity index (χ3v) is 3.79. The molecule has 0 radical (unpaired) electrons. The van der Waals surface area contributed by atoms with Crippen LogP contribution >= 0.6 is 11.8 Å². The van der Waals surface area contributed by atoms with Crippen LogP contribution in [0.3, 0.4) is 0 Å². The second kappa shape index (κ2) is 4.45. The fourth-order valence-corrected chi connectivity index (χ4v) is 2.52. The lowest BCUT2D eigenvalue weighted by molar-refractivity contribution is -0.115. The Balaban J connectivity index is 2.32. The standard InChI is InChI=1S/C11H15N3OS/c1-6-11(15)14-9-4-7(8(13)5-12)2-3-10(9)16-6/h2-4,6,8H,5,12-13H2,1H3,(H,14,15). The minimum atomic E-state index is -0.174. The second-order valence-corrected chi connectivity index (χ2v) is 5.23. The fraction of sp³-hybridized carbons (Fsp3) is 0.364. The Bertz CT molecular complexity index is 422. The highest BCUT2D eigenvalue weighted by atomic mass is 32.2. The Labute approximate surface area is 98.8 Å². The van der Waals surface area contributed by atoms with Crippen molar-refractivity contribution in [2.24, 2.45) is 11.5 Å². The zero-order valence-electron chi connectivity index (χ0n) is 9.07. The van der Waals surface area contributed by atoms with Crippen LogP contribution in [0.2, 0.25) is 0 Å². The number of thioether (sulfide) groups is 1. The summed E-state index contributed by atoms with van der Waals surface area (Å²) in [7, 11) is 0. The number of hydrogen-bond acceptors (Lipinski definition) is 4. The van der Waals surface area contributed by atoms with E-state index >= 15 is 0 Å². The fourth-order valence-electron chi connectivity index (χ4n) is 1.59. The molecule has 0 saturated carbocycles. The highest BCUT2D eigenvalue weighted by Gasteiger charge is 2.23. The van der Waals surface area contributed by atoms with Crippen molar-refractivity contribution in [3.8, 4) is 0 Å². The average Bonchev–Trinajstić information content (AvgIpc) is 2.29. The molecule has 1 heterocycles. The van der Waals surface area contributed by atoms with E-state index in [9.17, 15) is 4.79 Å². The molecule has 5 N–H and O–H groups in total. The monoisotopic (exact) mass is 237 g/mol. The van der Waals surface area contributed by atoms with Gasteiger partial charge in [0.2, 0.25) is 5.91 Å². The SMILES string of the molecule is CC1Sc2ccc(C(N)CN)cc2NC1=O. The minimum absolute atomic E-state index is 0.0379. The molecule has 0 aliphatic carbocycles. The van der Waals surface area contributed by atoms with Gasteiger partial charge in [0.25, 0.3) is 0 Å². The van der Waals surface area contributed by atoms with Gasteiger partial charge in [0.15, 0.2) is 0 Å². The number of rotatable bonds is 2. The van der Waals surface area contributed by atoms with E-state index < -0.39 is 0 Å². The van der Waals surface area contributed by atoms with Crippen LogP contribution < -0.4 is 16.8 Å². The number of carbonyl (C=O) groups is 1. The maximum absolute atomic E-state index is 11.5. The van der Waals surface area contributed by atoms with Crippen molar-refractivity contribution in [1.29, 1.82) is 0 Å².